The van der Waals surface area contributed by atoms with Crippen LogP contribution in [0.3, 0.4) is 0 Å². The van der Waals surface area contributed by atoms with E-state index < -0.39 is 0 Å². The van der Waals surface area contributed by atoms with Crippen molar-refractivity contribution in [2.24, 2.45) is 0 Å². The molecule has 0 amide bonds. The Morgan fingerprint density at radius 1 is 1.00 bits per heavy atom. The van der Waals surface area contributed by atoms with Gasteiger partial charge in [0.1, 0.15) is 0 Å². The summed E-state index contributed by atoms with van der Waals surface area (Å²) in [5, 5.41) is 11.9. The monoisotopic (exact) mass is 288 g/mol. The summed E-state index contributed by atoms with van der Waals surface area (Å²) in [6.07, 6.45) is 1.47. The van der Waals surface area contributed by atoms with Crippen LogP contribution in [0.15, 0.2) is 71.7 Å². The molecule has 0 bridgehead atoms. The first-order valence-electron chi connectivity index (χ1n) is 6.68. The van der Waals surface area contributed by atoms with Gasteiger partial charge >= 0.3 is 0 Å². The number of benzene rings is 2. The average molecular weight is 288 g/mol. The number of para-hydroxylation sites is 1. The number of hydrogen-bond donors (Lipinski definition) is 1. The van der Waals surface area contributed by atoms with Crippen LogP contribution in [0.1, 0.15) is 5.56 Å². The van der Waals surface area contributed by atoms with Crippen LogP contribution in [-0.4, -0.2) is 9.55 Å². The molecule has 22 heavy (non-hydrogen) atoms. The molecule has 0 unspecified atom stereocenters. The van der Waals surface area contributed by atoms with Gasteiger partial charge < -0.3 is 5.32 Å². The van der Waals surface area contributed by atoms with Crippen molar-refractivity contribution in [3.8, 4) is 11.8 Å². The fraction of sp³-hybridized carbons (Fsp3) is 0. The number of nitrogens with zero attached hydrogens (tertiary/aromatic N) is 3. The van der Waals surface area contributed by atoms with Crippen molar-refractivity contribution >= 4 is 11.6 Å². The third-order valence-corrected chi connectivity index (χ3v) is 3.13. The molecular weight excluding hydrogens is 276 g/mol. The van der Waals surface area contributed by atoms with E-state index in [9.17, 15) is 4.79 Å². The summed E-state index contributed by atoms with van der Waals surface area (Å²) in [6, 6.07) is 19.7. The molecule has 0 saturated heterocycles. The largest absolute Gasteiger partial charge is 0.325 e. The number of nitriles is 1. The van der Waals surface area contributed by atoms with E-state index in [-0.39, 0.29) is 5.56 Å². The Balaban J connectivity index is 2.02. The Morgan fingerprint density at radius 2 is 1.73 bits per heavy atom. The zero-order valence-electron chi connectivity index (χ0n) is 11.6. The van der Waals surface area contributed by atoms with Crippen molar-refractivity contribution in [3.63, 3.8) is 0 Å². The molecule has 0 fully saturated rings. The maximum absolute atomic E-state index is 12.2. The summed E-state index contributed by atoms with van der Waals surface area (Å²) in [4.78, 5) is 16.4. The van der Waals surface area contributed by atoms with E-state index in [1.807, 2.05) is 30.3 Å². The minimum atomic E-state index is -0.169. The molecule has 3 aromatic rings. The standard InChI is InChI=1S/C17H12N4O/c18-12-13-6-8-14(9-7-13)20-17-19-11-10-16(22)21(17)15-4-2-1-3-5-15/h1-11H,(H,19,20). The van der Waals surface area contributed by atoms with E-state index in [0.717, 1.165) is 11.4 Å². The van der Waals surface area contributed by atoms with Gasteiger partial charge in [-0.25, -0.2) is 9.55 Å². The minimum absolute atomic E-state index is 0.169. The number of anilines is 2. The zero-order chi connectivity index (χ0) is 15.4. The van der Waals surface area contributed by atoms with Gasteiger partial charge in [-0.15, -0.1) is 0 Å². The molecule has 0 aliphatic rings. The number of nitrogens with one attached hydrogen (secondary N) is 1. The second-order valence-corrected chi connectivity index (χ2v) is 4.59. The van der Waals surface area contributed by atoms with Crippen molar-refractivity contribution in [1.29, 1.82) is 5.26 Å². The van der Waals surface area contributed by atoms with E-state index >= 15 is 0 Å². The average Bonchev–Trinajstić information content (AvgIpc) is 2.56. The van der Waals surface area contributed by atoms with Crippen LogP contribution < -0.4 is 10.9 Å². The second-order valence-electron chi connectivity index (χ2n) is 4.59. The van der Waals surface area contributed by atoms with Crippen LogP contribution in [0.4, 0.5) is 11.6 Å². The Labute approximate surface area is 127 Å². The van der Waals surface area contributed by atoms with Gasteiger partial charge in [0.25, 0.3) is 5.56 Å². The van der Waals surface area contributed by atoms with Gasteiger partial charge in [-0.1, -0.05) is 18.2 Å². The van der Waals surface area contributed by atoms with E-state index in [2.05, 4.69) is 16.4 Å². The number of rotatable bonds is 3. The molecule has 1 heterocycles. The second kappa shape index (κ2) is 5.94. The first kappa shape index (κ1) is 13.6. The van der Waals surface area contributed by atoms with E-state index in [4.69, 9.17) is 5.26 Å². The van der Waals surface area contributed by atoms with Crippen molar-refractivity contribution in [3.05, 3.63) is 82.8 Å². The van der Waals surface area contributed by atoms with E-state index in [1.54, 1.807) is 24.3 Å². The summed E-state index contributed by atoms with van der Waals surface area (Å²) in [5.74, 6) is 0.420. The van der Waals surface area contributed by atoms with Crippen molar-refractivity contribution < 1.29 is 0 Å². The fourth-order valence-electron chi connectivity index (χ4n) is 2.08. The van der Waals surface area contributed by atoms with Crippen LogP contribution in [0.2, 0.25) is 0 Å². The summed E-state index contributed by atoms with van der Waals surface area (Å²) >= 11 is 0. The lowest BCUT2D eigenvalue weighted by molar-refractivity contribution is 0.948. The van der Waals surface area contributed by atoms with Gasteiger partial charge in [-0.3, -0.25) is 4.79 Å². The van der Waals surface area contributed by atoms with Crippen LogP contribution >= 0.6 is 0 Å². The van der Waals surface area contributed by atoms with Crippen molar-refractivity contribution in [2.45, 2.75) is 0 Å². The minimum Gasteiger partial charge on any atom is -0.325 e. The summed E-state index contributed by atoms with van der Waals surface area (Å²) in [7, 11) is 0. The lowest BCUT2D eigenvalue weighted by Gasteiger charge is -2.13. The van der Waals surface area contributed by atoms with Crippen LogP contribution in [-0.2, 0) is 0 Å². The van der Waals surface area contributed by atoms with Gasteiger partial charge in [0.05, 0.1) is 17.3 Å². The highest BCUT2D eigenvalue weighted by molar-refractivity contribution is 5.57. The Morgan fingerprint density at radius 3 is 2.41 bits per heavy atom. The van der Waals surface area contributed by atoms with E-state index in [0.29, 0.717) is 11.5 Å². The van der Waals surface area contributed by atoms with Gasteiger partial charge in [0.2, 0.25) is 5.95 Å². The van der Waals surface area contributed by atoms with Crippen molar-refractivity contribution in [1.82, 2.24) is 9.55 Å². The van der Waals surface area contributed by atoms with Gasteiger partial charge in [0, 0.05) is 18.0 Å². The van der Waals surface area contributed by atoms with Crippen LogP contribution in [0.5, 0.6) is 0 Å². The lowest BCUT2D eigenvalue weighted by Crippen LogP contribution is -2.21. The highest BCUT2D eigenvalue weighted by Gasteiger charge is 2.07. The zero-order valence-corrected chi connectivity index (χ0v) is 11.6. The molecule has 0 aliphatic heterocycles. The number of hydrogen-bond acceptors (Lipinski definition) is 4. The molecule has 1 N–H and O–H groups in total. The summed E-state index contributed by atoms with van der Waals surface area (Å²) < 4.78 is 1.50. The molecule has 1 aromatic heterocycles. The van der Waals surface area contributed by atoms with Crippen LogP contribution in [0, 0.1) is 11.3 Å². The number of aromatic nitrogens is 2. The molecule has 2 aromatic carbocycles. The van der Waals surface area contributed by atoms with Crippen molar-refractivity contribution in [2.75, 3.05) is 5.32 Å². The molecule has 0 atom stereocenters. The quantitative estimate of drug-likeness (QED) is 0.804. The highest BCUT2D eigenvalue weighted by atomic mass is 16.1. The summed E-state index contributed by atoms with van der Waals surface area (Å²) in [6.45, 7) is 0. The molecule has 3 rings (SSSR count). The van der Waals surface area contributed by atoms with Gasteiger partial charge in [-0.05, 0) is 36.4 Å². The fourth-order valence-corrected chi connectivity index (χ4v) is 2.08. The predicted molar refractivity (Wildman–Crippen MR) is 84.3 cm³/mol. The first-order valence-corrected chi connectivity index (χ1v) is 6.68. The van der Waals surface area contributed by atoms with Gasteiger partial charge in [-0.2, -0.15) is 5.26 Å². The maximum atomic E-state index is 12.2. The maximum Gasteiger partial charge on any atom is 0.259 e. The smallest absolute Gasteiger partial charge is 0.259 e. The molecule has 0 saturated carbocycles. The molecule has 0 aliphatic carbocycles. The van der Waals surface area contributed by atoms with E-state index in [1.165, 1.54) is 16.8 Å². The third kappa shape index (κ3) is 2.72. The lowest BCUT2D eigenvalue weighted by atomic mass is 10.2. The van der Waals surface area contributed by atoms with Gasteiger partial charge in [0.15, 0.2) is 0 Å². The Bertz CT molecular complexity index is 877. The normalized spacial score (nSPS) is 9.95. The van der Waals surface area contributed by atoms with Crippen LogP contribution in [0.25, 0.3) is 5.69 Å². The third-order valence-electron chi connectivity index (χ3n) is 3.13. The Hall–Kier alpha value is -3.39. The first-order chi connectivity index (χ1) is 10.8. The predicted octanol–water partition coefficient (Wildman–Crippen LogP) is 2.85. The molecule has 5 heteroatoms. The molecule has 0 radical (unpaired) electrons. The topological polar surface area (TPSA) is 70.7 Å². The highest BCUT2D eigenvalue weighted by Crippen LogP contribution is 2.16. The molecule has 106 valence electrons. The Kier molecular flexibility index (Phi) is 3.67. The molecule has 0 spiro atoms. The molecule has 5 nitrogen and oxygen atoms in total. The summed E-state index contributed by atoms with van der Waals surface area (Å²) in [5.41, 5.74) is 1.89. The SMILES string of the molecule is N#Cc1ccc(Nc2nccc(=O)n2-c2ccccc2)cc1. The molecular formula is C17H12N4O.